The molecule has 2 aromatic rings. The Morgan fingerprint density at radius 1 is 1.10 bits per heavy atom. The van der Waals surface area contributed by atoms with Gasteiger partial charge in [-0.05, 0) is 23.6 Å². The van der Waals surface area contributed by atoms with Crippen LogP contribution in [0.4, 0.5) is 0 Å². The molecule has 1 amide bonds. The summed E-state index contributed by atoms with van der Waals surface area (Å²) in [5.41, 5.74) is 1.85. The minimum Gasteiger partial charge on any atom is -0.394 e. The second-order valence-corrected chi connectivity index (χ2v) is 5.21. The molecular formula is C17H18ClNO2. The van der Waals surface area contributed by atoms with Gasteiger partial charge in [-0.1, -0.05) is 60.1 Å². The van der Waals surface area contributed by atoms with E-state index in [0.29, 0.717) is 17.9 Å². The summed E-state index contributed by atoms with van der Waals surface area (Å²) >= 11 is 6.06. The zero-order valence-electron chi connectivity index (χ0n) is 11.6. The topological polar surface area (TPSA) is 49.3 Å². The zero-order chi connectivity index (χ0) is 15.1. The van der Waals surface area contributed by atoms with Crippen LogP contribution in [-0.4, -0.2) is 17.6 Å². The first-order valence-electron chi connectivity index (χ1n) is 6.89. The standard InChI is InChI=1S/C17H18ClNO2/c18-15-9-5-4-6-13(15)10-11-17(21)19-16(12-20)14-7-2-1-3-8-14/h1-9,16,20H,10-12H2,(H,19,21)/t16-/m0/s1. The SMILES string of the molecule is O=C(CCc1ccccc1Cl)N[C@@H](CO)c1ccccc1. The number of benzene rings is 2. The lowest BCUT2D eigenvalue weighted by Crippen LogP contribution is -2.30. The summed E-state index contributed by atoms with van der Waals surface area (Å²) in [7, 11) is 0. The molecule has 0 aromatic heterocycles. The molecule has 0 aliphatic rings. The van der Waals surface area contributed by atoms with Crippen molar-refractivity contribution in [1.29, 1.82) is 0 Å². The Bertz CT molecular complexity index is 586. The quantitative estimate of drug-likeness (QED) is 0.861. The van der Waals surface area contributed by atoms with Crippen LogP contribution in [0, 0.1) is 0 Å². The molecule has 0 spiro atoms. The predicted octanol–water partition coefficient (Wildman–Crippen LogP) is 3.12. The van der Waals surface area contributed by atoms with E-state index in [9.17, 15) is 9.90 Å². The average Bonchev–Trinajstić information content (AvgIpc) is 2.52. The summed E-state index contributed by atoms with van der Waals surface area (Å²) < 4.78 is 0. The van der Waals surface area contributed by atoms with Gasteiger partial charge in [-0.25, -0.2) is 0 Å². The third-order valence-corrected chi connectivity index (χ3v) is 3.67. The Labute approximate surface area is 129 Å². The number of aliphatic hydroxyl groups excluding tert-OH is 1. The van der Waals surface area contributed by atoms with Crippen LogP contribution < -0.4 is 5.32 Å². The van der Waals surface area contributed by atoms with E-state index < -0.39 is 0 Å². The third kappa shape index (κ3) is 4.59. The smallest absolute Gasteiger partial charge is 0.220 e. The van der Waals surface area contributed by atoms with Crippen LogP contribution in [0.15, 0.2) is 54.6 Å². The molecule has 0 saturated carbocycles. The van der Waals surface area contributed by atoms with Crippen molar-refractivity contribution in [1.82, 2.24) is 5.32 Å². The molecule has 2 N–H and O–H groups in total. The number of carbonyl (C=O) groups is 1. The normalized spacial score (nSPS) is 11.9. The van der Waals surface area contributed by atoms with Gasteiger partial charge in [0.1, 0.15) is 0 Å². The highest BCUT2D eigenvalue weighted by atomic mass is 35.5. The first kappa shape index (κ1) is 15.5. The van der Waals surface area contributed by atoms with Gasteiger partial charge in [-0.2, -0.15) is 0 Å². The minimum absolute atomic E-state index is 0.0992. The summed E-state index contributed by atoms with van der Waals surface area (Å²) in [6, 6.07) is 16.6. The van der Waals surface area contributed by atoms with Gasteiger partial charge in [-0.15, -0.1) is 0 Å². The molecule has 2 rings (SSSR count). The zero-order valence-corrected chi connectivity index (χ0v) is 12.4. The van der Waals surface area contributed by atoms with Gasteiger partial charge in [0, 0.05) is 11.4 Å². The molecule has 4 heteroatoms. The van der Waals surface area contributed by atoms with Crippen LogP contribution in [0.2, 0.25) is 5.02 Å². The molecule has 0 heterocycles. The van der Waals surface area contributed by atoms with Gasteiger partial charge in [0.2, 0.25) is 5.91 Å². The van der Waals surface area contributed by atoms with Crippen molar-refractivity contribution >= 4 is 17.5 Å². The third-order valence-electron chi connectivity index (χ3n) is 3.30. The van der Waals surface area contributed by atoms with Crippen molar-refractivity contribution < 1.29 is 9.90 Å². The van der Waals surface area contributed by atoms with Gasteiger partial charge in [0.05, 0.1) is 12.6 Å². The maximum atomic E-state index is 12.0. The lowest BCUT2D eigenvalue weighted by molar-refractivity contribution is -0.122. The van der Waals surface area contributed by atoms with E-state index in [4.69, 9.17) is 11.6 Å². The largest absolute Gasteiger partial charge is 0.394 e. The van der Waals surface area contributed by atoms with Crippen molar-refractivity contribution in [3.05, 3.63) is 70.7 Å². The highest BCUT2D eigenvalue weighted by Crippen LogP contribution is 2.17. The molecule has 21 heavy (non-hydrogen) atoms. The molecule has 0 aliphatic carbocycles. The van der Waals surface area contributed by atoms with Gasteiger partial charge >= 0.3 is 0 Å². The predicted molar refractivity (Wildman–Crippen MR) is 84.2 cm³/mol. The summed E-state index contributed by atoms with van der Waals surface area (Å²) in [4.78, 5) is 12.0. The maximum absolute atomic E-state index is 12.0. The molecule has 110 valence electrons. The van der Waals surface area contributed by atoms with Crippen LogP contribution in [0.1, 0.15) is 23.6 Å². The molecule has 0 bridgehead atoms. The molecule has 3 nitrogen and oxygen atoms in total. The Morgan fingerprint density at radius 2 is 1.76 bits per heavy atom. The molecule has 0 radical (unpaired) electrons. The monoisotopic (exact) mass is 303 g/mol. The van der Waals surface area contributed by atoms with Crippen molar-refractivity contribution in [2.75, 3.05) is 6.61 Å². The van der Waals surface area contributed by atoms with E-state index in [1.807, 2.05) is 54.6 Å². The Balaban J connectivity index is 1.90. The van der Waals surface area contributed by atoms with E-state index in [1.165, 1.54) is 0 Å². The number of rotatable bonds is 6. The van der Waals surface area contributed by atoms with Crippen LogP contribution in [0.3, 0.4) is 0 Å². The summed E-state index contributed by atoms with van der Waals surface area (Å²) in [6.45, 7) is -0.123. The Hall–Kier alpha value is -1.84. The lowest BCUT2D eigenvalue weighted by Gasteiger charge is -2.16. The Morgan fingerprint density at radius 3 is 2.43 bits per heavy atom. The fourth-order valence-electron chi connectivity index (χ4n) is 2.14. The second-order valence-electron chi connectivity index (χ2n) is 4.80. The Kier molecular flexibility index (Phi) is 5.78. The number of aryl methyl sites for hydroxylation is 1. The fourth-order valence-corrected chi connectivity index (χ4v) is 2.37. The molecule has 1 atom stereocenters. The number of carbonyl (C=O) groups excluding carboxylic acids is 1. The van der Waals surface area contributed by atoms with E-state index >= 15 is 0 Å². The van der Waals surface area contributed by atoms with E-state index in [1.54, 1.807) is 0 Å². The number of hydrogen-bond donors (Lipinski definition) is 2. The van der Waals surface area contributed by atoms with E-state index in [-0.39, 0.29) is 18.6 Å². The summed E-state index contributed by atoms with van der Waals surface area (Å²) in [5.74, 6) is -0.0992. The number of aliphatic hydroxyl groups is 1. The van der Waals surface area contributed by atoms with Crippen LogP contribution in [0.5, 0.6) is 0 Å². The summed E-state index contributed by atoms with van der Waals surface area (Å²) in [5, 5.41) is 12.9. The van der Waals surface area contributed by atoms with Crippen LogP contribution >= 0.6 is 11.6 Å². The molecule has 0 saturated heterocycles. The highest BCUT2D eigenvalue weighted by Gasteiger charge is 2.13. The van der Waals surface area contributed by atoms with Gasteiger partial charge in [0.25, 0.3) is 0 Å². The average molecular weight is 304 g/mol. The van der Waals surface area contributed by atoms with Crippen molar-refractivity contribution in [3.8, 4) is 0 Å². The first-order valence-corrected chi connectivity index (χ1v) is 7.27. The van der Waals surface area contributed by atoms with Gasteiger partial charge in [-0.3, -0.25) is 4.79 Å². The summed E-state index contributed by atoms with van der Waals surface area (Å²) in [6.07, 6.45) is 0.922. The lowest BCUT2D eigenvalue weighted by atomic mass is 10.1. The maximum Gasteiger partial charge on any atom is 0.220 e. The number of hydrogen-bond acceptors (Lipinski definition) is 2. The van der Waals surface area contributed by atoms with Gasteiger partial charge < -0.3 is 10.4 Å². The number of nitrogens with one attached hydrogen (secondary N) is 1. The fraction of sp³-hybridized carbons (Fsp3) is 0.235. The van der Waals surface area contributed by atoms with Crippen LogP contribution in [-0.2, 0) is 11.2 Å². The van der Waals surface area contributed by atoms with E-state index in [2.05, 4.69) is 5.32 Å². The van der Waals surface area contributed by atoms with Gasteiger partial charge in [0.15, 0.2) is 0 Å². The molecular weight excluding hydrogens is 286 g/mol. The van der Waals surface area contributed by atoms with E-state index in [0.717, 1.165) is 11.1 Å². The molecule has 2 aromatic carbocycles. The minimum atomic E-state index is -0.370. The van der Waals surface area contributed by atoms with Crippen molar-refractivity contribution in [3.63, 3.8) is 0 Å². The molecule has 0 aliphatic heterocycles. The first-order chi connectivity index (χ1) is 10.2. The number of halogens is 1. The second kappa shape index (κ2) is 7.81. The van der Waals surface area contributed by atoms with Crippen molar-refractivity contribution in [2.45, 2.75) is 18.9 Å². The molecule has 0 unspecified atom stereocenters. The van der Waals surface area contributed by atoms with Crippen LogP contribution in [0.25, 0.3) is 0 Å². The highest BCUT2D eigenvalue weighted by molar-refractivity contribution is 6.31. The van der Waals surface area contributed by atoms with Crippen molar-refractivity contribution in [2.24, 2.45) is 0 Å². The number of amides is 1. The molecule has 0 fully saturated rings.